The number of rotatable bonds is 2. The molecule has 3 rings (SSSR count). The number of fused-ring (bicyclic) bond motifs is 1. The van der Waals surface area contributed by atoms with Crippen LogP contribution in [0.4, 0.5) is 0 Å². The third-order valence-corrected chi connectivity index (χ3v) is 4.48. The van der Waals surface area contributed by atoms with Gasteiger partial charge in [-0.3, -0.25) is 4.79 Å². The second-order valence-electron chi connectivity index (χ2n) is 6.12. The van der Waals surface area contributed by atoms with Gasteiger partial charge in [0, 0.05) is 18.7 Å². The largest absolute Gasteiger partial charge is 0.393 e. The van der Waals surface area contributed by atoms with Gasteiger partial charge < -0.3 is 20.4 Å². The minimum atomic E-state index is -1.15. The number of carbonyl (C=O) groups excluding carboxylic acids is 1. The van der Waals surface area contributed by atoms with Crippen LogP contribution >= 0.6 is 0 Å². The van der Waals surface area contributed by atoms with Gasteiger partial charge in [-0.25, -0.2) is 0 Å². The molecular weight excluding hydrogens is 268 g/mol. The molecule has 21 heavy (non-hydrogen) atoms. The van der Waals surface area contributed by atoms with Gasteiger partial charge in [0.2, 0.25) is 0 Å². The first-order valence-electron chi connectivity index (χ1n) is 7.56. The Hall–Kier alpha value is -1.43. The molecule has 114 valence electrons. The average molecular weight is 290 g/mol. The van der Waals surface area contributed by atoms with Crippen LogP contribution in [0.25, 0.3) is 0 Å². The SMILES string of the molecule is O=C(c1ccc2c(c1)CCNC2)N1CCC[C@@](O)(CO)C1. The van der Waals surface area contributed by atoms with Crippen LogP contribution in [-0.2, 0) is 13.0 Å². The van der Waals surface area contributed by atoms with Crippen LogP contribution in [-0.4, -0.2) is 52.9 Å². The standard InChI is InChI=1S/C16H22N2O3/c19-11-16(21)5-1-7-18(10-16)15(20)13-2-3-14-9-17-6-4-12(14)8-13/h2-3,8,17,19,21H,1,4-7,9-11H2/t16-/m0/s1. The van der Waals surface area contributed by atoms with Gasteiger partial charge in [0.1, 0.15) is 5.60 Å². The Balaban J connectivity index is 1.78. The predicted octanol–water partition coefficient (Wildman–Crippen LogP) is 0.292. The van der Waals surface area contributed by atoms with Gasteiger partial charge in [0.15, 0.2) is 0 Å². The van der Waals surface area contributed by atoms with E-state index in [0.29, 0.717) is 18.5 Å². The fourth-order valence-corrected chi connectivity index (χ4v) is 3.21. The molecule has 0 bridgehead atoms. The molecule has 0 saturated carbocycles. The Morgan fingerprint density at radius 2 is 2.24 bits per heavy atom. The molecule has 0 unspecified atom stereocenters. The number of carbonyl (C=O) groups is 1. The number of nitrogens with one attached hydrogen (secondary N) is 1. The molecule has 1 fully saturated rings. The van der Waals surface area contributed by atoms with Crippen molar-refractivity contribution in [2.45, 2.75) is 31.4 Å². The Bertz CT molecular complexity index is 546. The highest BCUT2D eigenvalue weighted by molar-refractivity contribution is 5.94. The first kappa shape index (κ1) is 14.5. The number of amides is 1. The van der Waals surface area contributed by atoms with E-state index in [4.69, 9.17) is 0 Å². The Labute approximate surface area is 124 Å². The summed E-state index contributed by atoms with van der Waals surface area (Å²) in [5.74, 6) is -0.0529. The molecule has 2 aliphatic rings. The zero-order chi connectivity index (χ0) is 14.9. The molecule has 0 aliphatic carbocycles. The van der Waals surface area contributed by atoms with Gasteiger partial charge in [0.25, 0.3) is 5.91 Å². The van der Waals surface area contributed by atoms with Crippen molar-refractivity contribution in [1.82, 2.24) is 10.2 Å². The van der Waals surface area contributed by atoms with Crippen molar-refractivity contribution >= 4 is 5.91 Å². The van der Waals surface area contributed by atoms with Crippen molar-refractivity contribution < 1.29 is 15.0 Å². The highest BCUT2D eigenvalue weighted by atomic mass is 16.3. The van der Waals surface area contributed by atoms with Crippen molar-refractivity contribution in [2.75, 3.05) is 26.2 Å². The van der Waals surface area contributed by atoms with Crippen LogP contribution in [0.5, 0.6) is 0 Å². The molecular formula is C16H22N2O3. The van der Waals surface area contributed by atoms with Crippen molar-refractivity contribution in [2.24, 2.45) is 0 Å². The van der Waals surface area contributed by atoms with Gasteiger partial charge in [0.05, 0.1) is 13.2 Å². The third-order valence-electron chi connectivity index (χ3n) is 4.48. The van der Waals surface area contributed by atoms with Crippen LogP contribution in [0.15, 0.2) is 18.2 Å². The molecule has 3 N–H and O–H groups in total. The highest BCUT2D eigenvalue weighted by Gasteiger charge is 2.35. The number of aliphatic hydroxyl groups excluding tert-OH is 1. The summed E-state index contributed by atoms with van der Waals surface area (Å²) in [5.41, 5.74) is 2.02. The molecule has 2 aliphatic heterocycles. The Morgan fingerprint density at radius 1 is 1.38 bits per heavy atom. The van der Waals surface area contributed by atoms with Gasteiger partial charge in [-0.05, 0) is 49.1 Å². The van der Waals surface area contributed by atoms with Gasteiger partial charge in [-0.2, -0.15) is 0 Å². The number of likely N-dealkylation sites (tertiary alicyclic amines) is 1. The van der Waals surface area contributed by atoms with Crippen LogP contribution in [0.2, 0.25) is 0 Å². The van der Waals surface area contributed by atoms with Crippen LogP contribution in [0, 0.1) is 0 Å². The highest BCUT2D eigenvalue weighted by Crippen LogP contribution is 2.23. The van der Waals surface area contributed by atoms with Crippen molar-refractivity contribution in [3.05, 3.63) is 34.9 Å². The number of piperidine rings is 1. The lowest BCUT2D eigenvalue weighted by Gasteiger charge is -2.38. The van der Waals surface area contributed by atoms with Gasteiger partial charge in [-0.15, -0.1) is 0 Å². The van der Waals surface area contributed by atoms with E-state index in [9.17, 15) is 15.0 Å². The van der Waals surface area contributed by atoms with Crippen molar-refractivity contribution in [3.8, 4) is 0 Å². The number of hydrogen-bond acceptors (Lipinski definition) is 4. The van der Waals surface area contributed by atoms with E-state index in [2.05, 4.69) is 5.32 Å². The summed E-state index contributed by atoms with van der Waals surface area (Å²) in [5, 5.41) is 22.8. The van der Waals surface area contributed by atoms with Crippen LogP contribution in [0.1, 0.15) is 34.3 Å². The lowest BCUT2D eigenvalue weighted by Crippen LogP contribution is -2.52. The molecule has 1 aromatic carbocycles. The molecule has 1 aromatic rings. The summed E-state index contributed by atoms with van der Waals surface area (Å²) in [6.07, 6.45) is 2.21. The lowest BCUT2D eigenvalue weighted by molar-refractivity contribution is -0.0598. The summed E-state index contributed by atoms with van der Waals surface area (Å²) in [4.78, 5) is 14.3. The maximum Gasteiger partial charge on any atom is 0.253 e. The zero-order valence-electron chi connectivity index (χ0n) is 12.1. The average Bonchev–Trinajstić information content (AvgIpc) is 2.54. The zero-order valence-corrected chi connectivity index (χ0v) is 12.1. The number of aliphatic hydroxyl groups is 2. The van der Waals surface area contributed by atoms with Crippen molar-refractivity contribution in [3.63, 3.8) is 0 Å². The Morgan fingerprint density at radius 3 is 3.05 bits per heavy atom. The predicted molar refractivity (Wildman–Crippen MR) is 79.0 cm³/mol. The molecule has 2 heterocycles. The quantitative estimate of drug-likeness (QED) is 0.732. The molecule has 1 atom stereocenters. The maximum atomic E-state index is 12.6. The second kappa shape index (κ2) is 5.75. The second-order valence-corrected chi connectivity index (χ2v) is 6.12. The van der Waals surface area contributed by atoms with E-state index in [-0.39, 0.29) is 19.1 Å². The maximum absolute atomic E-state index is 12.6. The molecule has 5 heteroatoms. The number of benzene rings is 1. The van der Waals surface area contributed by atoms with E-state index in [1.165, 1.54) is 11.1 Å². The summed E-state index contributed by atoms with van der Waals surface area (Å²) in [7, 11) is 0. The first-order chi connectivity index (χ1) is 10.1. The van der Waals surface area contributed by atoms with E-state index in [1.807, 2.05) is 18.2 Å². The smallest absolute Gasteiger partial charge is 0.253 e. The monoisotopic (exact) mass is 290 g/mol. The number of hydrogen-bond donors (Lipinski definition) is 3. The summed E-state index contributed by atoms with van der Waals surface area (Å²) in [6, 6.07) is 5.85. The fraction of sp³-hybridized carbons (Fsp3) is 0.562. The first-order valence-corrected chi connectivity index (χ1v) is 7.56. The number of β-amino-alcohol motifs (C(OH)–C–C–N with tert-alkyl or cyclic N) is 1. The van der Waals surface area contributed by atoms with E-state index in [0.717, 1.165) is 25.9 Å². The molecule has 1 amide bonds. The van der Waals surface area contributed by atoms with E-state index < -0.39 is 5.60 Å². The number of nitrogens with zero attached hydrogens (tertiary/aromatic N) is 1. The third kappa shape index (κ3) is 2.95. The van der Waals surface area contributed by atoms with Crippen LogP contribution < -0.4 is 5.32 Å². The molecule has 5 nitrogen and oxygen atoms in total. The van der Waals surface area contributed by atoms with Crippen molar-refractivity contribution in [1.29, 1.82) is 0 Å². The summed E-state index contributed by atoms with van der Waals surface area (Å²) >= 11 is 0. The molecule has 0 radical (unpaired) electrons. The summed E-state index contributed by atoms with van der Waals surface area (Å²) < 4.78 is 0. The van der Waals surface area contributed by atoms with E-state index >= 15 is 0 Å². The van der Waals surface area contributed by atoms with Gasteiger partial charge >= 0.3 is 0 Å². The minimum Gasteiger partial charge on any atom is -0.393 e. The topological polar surface area (TPSA) is 72.8 Å². The fourth-order valence-electron chi connectivity index (χ4n) is 3.21. The molecule has 1 saturated heterocycles. The lowest BCUT2D eigenvalue weighted by atomic mass is 9.92. The molecule has 0 aromatic heterocycles. The van der Waals surface area contributed by atoms with E-state index in [1.54, 1.807) is 4.90 Å². The normalized spacial score (nSPS) is 25.5. The van der Waals surface area contributed by atoms with Gasteiger partial charge in [-0.1, -0.05) is 6.07 Å². The minimum absolute atomic E-state index is 0.0529. The molecule has 0 spiro atoms. The Kier molecular flexibility index (Phi) is 3.97. The van der Waals surface area contributed by atoms with Crippen LogP contribution in [0.3, 0.4) is 0 Å². The summed E-state index contributed by atoms with van der Waals surface area (Å²) in [6.45, 7) is 2.35.